The van der Waals surface area contributed by atoms with Gasteiger partial charge >= 0.3 is 0 Å². The summed E-state index contributed by atoms with van der Waals surface area (Å²) in [6.45, 7) is 4.99. The second kappa shape index (κ2) is 4.56. The lowest BCUT2D eigenvalue weighted by Gasteiger charge is -2.14. The SMILES string of the molecule is CCOc1ccc(NC(C)C2CC2)cc1. The Morgan fingerprint density at radius 1 is 1.33 bits per heavy atom. The maximum absolute atomic E-state index is 5.40. The lowest BCUT2D eigenvalue weighted by molar-refractivity contribution is 0.340. The molecule has 82 valence electrons. The van der Waals surface area contributed by atoms with Crippen LogP contribution in [0.3, 0.4) is 0 Å². The van der Waals surface area contributed by atoms with Crippen LogP contribution in [0.1, 0.15) is 26.7 Å². The van der Waals surface area contributed by atoms with E-state index in [2.05, 4.69) is 24.4 Å². The van der Waals surface area contributed by atoms with E-state index in [4.69, 9.17) is 4.74 Å². The Kier molecular flexibility index (Phi) is 3.14. The average Bonchev–Trinajstić information content (AvgIpc) is 3.04. The molecule has 15 heavy (non-hydrogen) atoms. The molecule has 1 aromatic rings. The highest BCUT2D eigenvalue weighted by Crippen LogP contribution is 2.34. The molecule has 1 N–H and O–H groups in total. The van der Waals surface area contributed by atoms with Crippen molar-refractivity contribution < 1.29 is 4.74 Å². The van der Waals surface area contributed by atoms with E-state index in [1.807, 2.05) is 19.1 Å². The monoisotopic (exact) mass is 205 g/mol. The number of nitrogens with one attached hydrogen (secondary N) is 1. The van der Waals surface area contributed by atoms with Gasteiger partial charge in [-0.1, -0.05) is 0 Å². The van der Waals surface area contributed by atoms with E-state index >= 15 is 0 Å². The van der Waals surface area contributed by atoms with E-state index in [1.165, 1.54) is 18.5 Å². The number of benzene rings is 1. The first-order valence-electron chi connectivity index (χ1n) is 5.79. The highest BCUT2D eigenvalue weighted by Gasteiger charge is 2.27. The molecular formula is C13H19NO. The van der Waals surface area contributed by atoms with E-state index in [0.717, 1.165) is 18.3 Å². The lowest BCUT2D eigenvalue weighted by Crippen LogP contribution is -2.16. The van der Waals surface area contributed by atoms with E-state index in [9.17, 15) is 0 Å². The molecule has 0 radical (unpaired) electrons. The Bertz CT molecular complexity index is 303. The van der Waals surface area contributed by atoms with Crippen molar-refractivity contribution in [3.05, 3.63) is 24.3 Å². The summed E-state index contributed by atoms with van der Waals surface area (Å²) in [5.74, 6) is 1.83. The molecule has 0 amide bonds. The van der Waals surface area contributed by atoms with Gasteiger partial charge in [0.15, 0.2) is 0 Å². The van der Waals surface area contributed by atoms with Crippen molar-refractivity contribution in [2.24, 2.45) is 5.92 Å². The second-order valence-corrected chi connectivity index (χ2v) is 4.23. The molecule has 1 unspecified atom stereocenters. The number of ether oxygens (including phenoxy) is 1. The number of rotatable bonds is 5. The molecule has 1 aromatic carbocycles. The minimum atomic E-state index is 0.600. The maximum atomic E-state index is 5.40. The van der Waals surface area contributed by atoms with Gasteiger partial charge in [-0.25, -0.2) is 0 Å². The van der Waals surface area contributed by atoms with Crippen LogP contribution in [0, 0.1) is 5.92 Å². The van der Waals surface area contributed by atoms with E-state index in [1.54, 1.807) is 0 Å². The first-order valence-corrected chi connectivity index (χ1v) is 5.79. The van der Waals surface area contributed by atoms with Crippen molar-refractivity contribution in [1.82, 2.24) is 0 Å². The van der Waals surface area contributed by atoms with Crippen LogP contribution in [-0.2, 0) is 0 Å². The molecule has 0 aromatic heterocycles. The standard InChI is InChI=1S/C13H19NO/c1-3-15-13-8-6-12(7-9-13)14-10(2)11-4-5-11/h6-11,14H,3-5H2,1-2H3. The Hall–Kier alpha value is -1.18. The van der Waals surface area contributed by atoms with Crippen LogP contribution in [-0.4, -0.2) is 12.6 Å². The van der Waals surface area contributed by atoms with Crippen molar-refractivity contribution in [1.29, 1.82) is 0 Å². The van der Waals surface area contributed by atoms with Crippen molar-refractivity contribution in [2.45, 2.75) is 32.7 Å². The van der Waals surface area contributed by atoms with Gasteiger partial charge in [-0.05, 0) is 56.9 Å². The molecule has 2 heteroatoms. The second-order valence-electron chi connectivity index (χ2n) is 4.23. The molecule has 0 saturated heterocycles. The third-order valence-electron chi connectivity index (χ3n) is 2.89. The predicted molar refractivity (Wildman–Crippen MR) is 63.4 cm³/mol. The van der Waals surface area contributed by atoms with Gasteiger partial charge in [0.25, 0.3) is 0 Å². The van der Waals surface area contributed by atoms with Crippen LogP contribution in [0.25, 0.3) is 0 Å². The molecule has 2 rings (SSSR count). The molecule has 1 atom stereocenters. The van der Waals surface area contributed by atoms with Gasteiger partial charge in [-0.2, -0.15) is 0 Å². The quantitative estimate of drug-likeness (QED) is 0.796. The molecule has 0 spiro atoms. The fraction of sp³-hybridized carbons (Fsp3) is 0.538. The summed E-state index contributed by atoms with van der Waals surface area (Å²) < 4.78 is 5.40. The Balaban J connectivity index is 1.91. The fourth-order valence-electron chi connectivity index (χ4n) is 1.79. The summed E-state index contributed by atoms with van der Waals surface area (Å²) >= 11 is 0. The van der Waals surface area contributed by atoms with Gasteiger partial charge in [0, 0.05) is 11.7 Å². The topological polar surface area (TPSA) is 21.3 Å². The molecule has 1 aliphatic carbocycles. The molecule has 1 fully saturated rings. The van der Waals surface area contributed by atoms with Crippen LogP contribution in [0.2, 0.25) is 0 Å². The zero-order chi connectivity index (χ0) is 10.7. The number of hydrogen-bond donors (Lipinski definition) is 1. The molecule has 1 aliphatic rings. The predicted octanol–water partition coefficient (Wildman–Crippen LogP) is 3.30. The number of anilines is 1. The van der Waals surface area contributed by atoms with Crippen LogP contribution in [0.15, 0.2) is 24.3 Å². The van der Waals surface area contributed by atoms with Gasteiger partial charge < -0.3 is 10.1 Å². The fourth-order valence-corrected chi connectivity index (χ4v) is 1.79. The Morgan fingerprint density at radius 3 is 2.53 bits per heavy atom. The van der Waals surface area contributed by atoms with Gasteiger partial charge in [0.2, 0.25) is 0 Å². The minimum absolute atomic E-state index is 0.600. The zero-order valence-corrected chi connectivity index (χ0v) is 9.49. The highest BCUT2D eigenvalue weighted by molar-refractivity contribution is 5.47. The lowest BCUT2D eigenvalue weighted by atomic mass is 10.2. The summed E-state index contributed by atoms with van der Waals surface area (Å²) in [4.78, 5) is 0. The van der Waals surface area contributed by atoms with Crippen molar-refractivity contribution in [2.75, 3.05) is 11.9 Å². The molecule has 1 saturated carbocycles. The Labute approximate surface area is 91.6 Å². The van der Waals surface area contributed by atoms with E-state index in [0.29, 0.717) is 6.04 Å². The molecule has 2 nitrogen and oxygen atoms in total. The first kappa shape index (κ1) is 10.3. The summed E-state index contributed by atoms with van der Waals surface area (Å²) in [6.07, 6.45) is 2.76. The summed E-state index contributed by atoms with van der Waals surface area (Å²) in [5, 5.41) is 3.52. The summed E-state index contributed by atoms with van der Waals surface area (Å²) in [5.41, 5.74) is 1.19. The van der Waals surface area contributed by atoms with Crippen molar-refractivity contribution in [3.63, 3.8) is 0 Å². The third-order valence-corrected chi connectivity index (χ3v) is 2.89. The van der Waals surface area contributed by atoms with Gasteiger partial charge in [0.05, 0.1) is 6.61 Å². The third kappa shape index (κ3) is 2.88. The van der Waals surface area contributed by atoms with Gasteiger partial charge in [0.1, 0.15) is 5.75 Å². The Morgan fingerprint density at radius 2 is 2.00 bits per heavy atom. The maximum Gasteiger partial charge on any atom is 0.119 e. The summed E-state index contributed by atoms with van der Waals surface area (Å²) in [6, 6.07) is 8.81. The van der Waals surface area contributed by atoms with Crippen LogP contribution in [0.4, 0.5) is 5.69 Å². The van der Waals surface area contributed by atoms with E-state index in [-0.39, 0.29) is 0 Å². The van der Waals surface area contributed by atoms with Crippen molar-refractivity contribution >= 4 is 5.69 Å². The molecular weight excluding hydrogens is 186 g/mol. The molecule has 0 heterocycles. The molecule has 0 aliphatic heterocycles. The van der Waals surface area contributed by atoms with Gasteiger partial charge in [-0.15, -0.1) is 0 Å². The van der Waals surface area contributed by atoms with Crippen molar-refractivity contribution in [3.8, 4) is 5.75 Å². The first-order chi connectivity index (χ1) is 7.29. The highest BCUT2D eigenvalue weighted by atomic mass is 16.5. The van der Waals surface area contributed by atoms with Crippen LogP contribution in [0.5, 0.6) is 5.75 Å². The van der Waals surface area contributed by atoms with E-state index < -0.39 is 0 Å². The van der Waals surface area contributed by atoms with Crippen LogP contribution < -0.4 is 10.1 Å². The van der Waals surface area contributed by atoms with Gasteiger partial charge in [-0.3, -0.25) is 0 Å². The average molecular weight is 205 g/mol. The normalized spacial score (nSPS) is 17.2. The number of hydrogen-bond acceptors (Lipinski definition) is 2. The zero-order valence-electron chi connectivity index (χ0n) is 9.49. The van der Waals surface area contributed by atoms with Crippen LogP contribution >= 0.6 is 0 Å². The molecule has 0 bridgehead atoms. The minimum Gasteiger partial charge on any atom is -0.494 e. The largest absolute Gasteiger partial charge is 0.494 e. The smallest absolute Gasteiger partial charge is 0.119 e. The summed E-state index contributed by atoms with van der Waals surface area (Å²) in [7, 11) is 0.